The number of nitrogens with zero attached hydrogens (tertiary/aromatic N) is 3. The van der Waals surface area contributed by atoms with Crippen LogP contribution in [0.25, 0.3) is 0 Å². The Balaban J connectivity index is 0.00000200. The van der Waals surface area contributed by atoms with Crippen LogP contribution in [0.4, 0.5) is 0 Å². The number of hydrogen-bond donors (Lipinski definition) is 1. The van der Waals surface area contributed by atoms with Crippen LogP contribution in [-0.4, -0.2) is 47.7 Å². The van der Waals surface area contributed by atoms with Crippen LogP contribution in [0.15, 0.2) is 25.0 Å². The lowest BCUT2D eigenvalue weighted by atomic mass is 10.2. The maximum absolute atomic E-state index is 12.4. The lowest BCUT2D eigenvalue weighted by Gasteiger charge is -2.34. The Morgan fingerprint density at radius 3 is 2.95 bits per heavy atom. The summed E-state index contributed by atoms with van der Waals surface area (Å²) in [6, 6.07) is -0.233. The van der Waals surface area contributed by atoms with Crippen LogP contribution in [-0.2, 0) is 17.1 Å². The van der Waals surface area contributed by atoms with Gasteiger partial charge in [-0.3, -0.25) is 0 Å². The Hall–Kier alpha value is -0.890. The molecule has 1 unspecified atom stereocenters. The molecule has 1 saturated heterocycles. The van der Waals surface area contributed by atoms with E-state index in [1.54, 1.807) is 16.6 Å². The van der Waals surface area contributed by atoms with Gasteiger partial charge in [-0.2, -0.15) is 4.31 Å². The lowest BCUT2D eigenvalue weighted by Crippen LogP contribution is -2.50. The summed E-state index contributed by atoms with van der Waals surface area (Å²) in [6.07, 6.45) is 5.63. The van der Waals surface area contributed by atoms with E-state index in [1.807, 2.05) is 17.8 Å². The first-order valence-corrected chi connectivity index (χ1v) is 7.95. The third kappa shape index (κ3) is 3.60. The van der Waals surface area contributed by atoms with E-state index >= 15 is 0 Å². The summed E-state index contributed by atoms with van der Waals surface area (Å²) in [5, 5.41) is 3.23. The molecule has 114 valence electrons. The van der Waals surface area contributed by atoms with Crippen molar-refractivity contribution in [3.63, 3.8) is 0 Å². The summed E-state index contributed by atoms with van der Waals surface area (Å²) in [5.41, 5.74) is 0. The van der Waals surface area contributed by atoms with Gasteiger partial charge in [-0.25, -0.2) is 13.4 Å². The largest absolute Gasteiger partial charge is 0.337 e. The topological polar surface area (TPSA) is 67.2 Å². The van der Waals surface area contributed by atoms with Crippen molar-refractivity contribution in [3.05, 3.63) is 30.9 Å². The SMILES string of the molecule is C=CCCS(=O)(=O)N1CCNCC1c1nccn1C.Cl. The highest BCUT2D eigenvalue weighted by atomic mass is 35.5. The maximum atomic E-state index is 12.4. The molecule has 0 aliphatic carbocycles. The molecule has 20 heavy (non-hydrogen) atoms. The molecule has 2 heterocycles. The first-order chi connectivity index (χ1) is 9.06. The van der Waals surface area contributed by atoms with Crippen LogP contribution in [0.1, 0.15) is 18.3 Å². The highest BCUT2D eigenvalue weighted by Gasteiger charge is 2.34. The van der Waals surface area contributed by atoms with Crippen molar-refractivity contribution in [2.75, 3.05) is 25.4 Å². The Bertz CT molecular complexity index is 543. The first kappa shape index (κ1) is 17.2. The smallest absolute Gasteiger partial charge is 0.215 e. The molecule has 6 nitrogen and oxygen atoms in total. The number of aromatic nitrogens is 2. The van der Waals surface area contributed by atoms with Gasteiger partial charge in [0.15, 0.2) is 0 Å². The minimum atomic E-state index is -3.27. The number of rotatable bonds is 5. The van der Waals surface area contributed by atoms with Gasteiger partial charge < -0.3 is 9.88 Å². The molecule has 1 atom stereocenters. The van der Waals surface area contributed by atoms with Crippen molar-refractivity contribution in [1.82, 2.24) is 19.2 Å². The molecular formula is C12H21ClN4O2S. The molecule has 0 aromatic carbocycles. The number of allylic oxidation sites excluding steroid dienone is 1. The molecule has 0 amide bonds. The number of sulfonamides is 1. The van der Waals surface area contributed by atoms with Gasteiger partial charge in [0.05, 0.1) is 11.8 Å². The van der Waals surface area contributed by atoms with Gasteiger partial charge in [-0.1, -0.05) is 6.08 Å². The number of aryl methyl sites for hydroxylation is 1. The zero-order valence-corrected chi connectivity index (χ0v) is 13.2. The second-order valence-corrected chi connectivity index (χ2v) is 6.66. The molecule has 2 rings (SSSR count). The van der Waals surface area contributed by atoms with E-state index in [-0.39, 0.29) is 24.2 Å². The summed E-state index contributed by atoms with van der Waals surface area (Å²) < 4.78 is 28.2. The van der Waals surface area contributed by atoms with Crippen LogP contribution in [0, 0.1) is 0 Å². The van der Waals surface area contributed by atoms with Gasteiger partial charge in [-0.05, 0) is 6.42 Å². The predicted molar refractivity (Wildman–Crippen MR) is 81.4 cm³/mol. The summed E-state index contributed by atoms with van der Waals surface area (Å²) in [7, 11) is -1.39. The van der Waals surface area contributed by atoms with Gasteiger partial charge in [0.25, 0.3) is 0 Å². The number of piperazine rings is 1. The highest BCUT2D eigenvalue weighted by Crippen LogP contribution is 2.24. The van der Waals surface area contributed by atoms with E-state index in [2.05, 4.69) is 16.9 Å². The number of nitrogens with one attached hydrogen (secondary N) is 1. The van der Waals surface area contributed by atoms with E-state index in [0.717, 1.165) is 5.82 Å². The lowest BCUT2D eigenvalue weighted by molar-refractivity contribution is 0.258. The zero-order chi connectivity index (χ0) is 13.9. The molecular weight excluding hydrogens is 300 g/mol. The van der Waals surface area contributed by atoms with Crippen LogP contribution in [0.2, 0.25) is 0 Å². The standard InChI is InChI=1S/C12H20N4O2S.ClH/c1-3-4-9-19(17,18)16-8-5-13-10-11(16)12-14-6-7-15(12)2;/h3,6-7,11,13H,1,4-5,8-10H2,2H3;1H. The number of halogens is 1. The minimum absolute atomic E-state index is 0. The van der Waals surface area contributed by atoms with Gasteiger partial charge in [-0.15, -0.1) is 19.0 Å². The normalized spacial score (nSPS) is 20.4. The molecule has 1 aromatic rings. The van der Waals surface area contributed by atoms with Gasteiger partial charge in [0, 0.05) is 39.1 Å². The maximum Gasteiger partial charge on any atom is 0.215 e. The molecule has 8 heteroatoms. The van der Waals surface area contributed by atoms with E-state index in [0.29, 0.717) is 26.1 Å². The van der Waals surface area contributed by atoms with E-state index in [4.69, 9.17) is 0 Å². The molecule has 0 saturated carbocycles. The third-order valence-electron chi connectivity index (χ3n) is 3.29. The third-order valence-corrected chi connectivity index (χ3v) is 5.19. The summed E-state index contributed by atoms with van der Waals surface area (Å²) in [5.74, 6) is 0.881. The quantitative estimate of drug-likeness (QED) is 0.811. The molecule has 1 aliphatic rings. The van der Waals surface area contributed by atoms with Gasteiger partial charge in [0.2, 0.25) is 10.0 Å². The van der Waals surface area contributed by atoms with Crippen molar-refractivity contribution in [3.8, 4) is 0 Å². The number of hydrogen-bond acceptors (Lipinski definition) is 4. The van der Waals surface area contributed by atoms with Crippen LogP contribution >= 0.6 is 12.4 Å². The fourth-order valence-corrected chi connectivity index (χ4v) is 3.91. The Labute approximate surface area is 126 Å². The van der Waals surface area contributed by atoms with E-state index in [1.165, 1.54) is 0 Å². The van der Waals surface area contributed by atoms with Gasteiger partial charge in [0.1, 0.15) is 5.82 Å². The fourth-order valence-electron chi connectivity index (χ4n) is 2.29. The van der Waals surface area contributed by atoms with E-state index < -0.39 is 10.0 Å². The van der Waals surface area contributed by atoms with Gasteiger partial charge >= 0.3 is 0 Å². The fraction of sp³-hybridized carbons (Fsp3) is 0.583. The molecule has 1 N–H and O–H groups in total. The summed E-state index contributed by atoms with van der Waals surface area (Å²) >= 11 is 0. The average Bonchev–Trinajstić information content (AvgIpc) is 2.83. The zero-order valence-electron chi connectivity index (χ0n) is 11.5. The highest BCUT2D eigenvalue weighted by molar-refractivity contribution is 7.89. The second kappa shape index (κ2) is 7.21. The number of imidazole rings is 1. The van der Waals surface area contributed by atoms with Crippen molar-refractivity contribution in [2.45, 2.75) is 12.5 Å². The van der Waals surface area contributed by atoms with Crippen molar-refractivity contribution in [1.29, 1.82) is 0 Å². The summed E-state index contributed by atoms with van der Waals surface area (Å²) in [4.78, 5) is 4.28. The minimum Gasteiger partial charge on any atom is -0.337 e. The second-order valence-electron chi connectivity index (χ2n) is 4.62. The van der Waals surface area contributed by atoms with Crippen molar-refractivity contribution >= 4 is 22.4 Å². The Morgan fingerprint density at radius 1 is 1.60 bits per heavy atom. The first-order valence-electron chi connectivity index (χ1n) is 6.34. The summed E-state index contributed by atoms with van der Waals surface area (Å²) in [6.45, 7) is 5.33. The Kier molecular flexibility index (Phi) is 6.19. The van der Waals surface area contributed by atoms with Crippen molar-refractivity contribution < 1.29 is 8.42 Å². The van der Waals surface area contributed by atoms with E-state index in [9.17, 15) is 8.42 Å². The average molecular weight is 321 g/mol. The molecule has 1 fully saturated rings. The molecule has 1 aliphatic heterocycles. The Morgan fingerprint density at radius 2 is 2.35 bits per heavy atom. The van der Waals surface area contributed by atoms with Crippen LogP contribution in [0.5, 0.6) is 0 Å². The van der Waals surface area contributed by atoms with Crippen LogP contribution in [0.3, 0.4) is 0 Å². The van der Waals surface area contributed by atoms with Crippen LogP contribution < -0.4 is 5.32 Å². The molecule has 0 bridgehead atoms. The molecule has 0 radical (unpaired) electrons. The molecule has 1 aromatic heterocycles. The molecule has 0 spiro atoms. The predicted octanol–water partition coefficient (Wildman–Crippen LogP) is 0.694. The van der Waals surface area contributed by atoms with Crippen molar-refractivity contribution in [2.24, 2.45) is 7.05 Å². The monoisotopic (exact) mass is 320 g/mol.